The highest BCUT2D eigenvalue weighted by Crippen LogP contribution is 2.24. The van der Waals surface area contributed by atoms with E-state index in [1.165, 1.54) is 0 Å². The third kappa shape index (κ3) is 1.99. The van der Waals surface area contributed by atoms with Crippen LogP contribution in [0.5, 0.6) is 0 Å². The molecule has 6 heteroatoms. The molecule has 1 atom stereocenters. The summed E-state index contributed by atoms with van der Waals surface area (Å²) < 4.78 is 1.91. The number of thiazole rings is 1. The largest absolute Gasteiger partial charge is 0.328 e. The second kappa shape index (κ2) is 4.21. The molecule has 3 aromatic rings. The van der Waals surface area contributed by atoms with Crippen LogP contribution in [0.1, 0.15) is 12.6 Å². The van der Waals surface area contributed by atoms with Crippen LogP contribution in [0.25, 0.3) is 15.7 Å². The summed E-state index contributed by atoms with van der Waals surface area (Å²) in [7, 11) is 0. The molecule has 0 saturated heterocycles. The maximum Gasteiger partial charge on any atom is 0.212 e. The van der Waals surface area contributed by atoms with Gasteiger partial charge in [0, 0.05) is 17.8 Å². The Morgan fingerprint density at radius 3 is 3.06 bits per heavy atom. The molecular formula is C11H12N4S2. The molecule has 3 rings (SSSR count). The molecule has 3 heterocycles. The van der Waals surface area contributed by atoms with Gasteiger partial charge in [0.05, 0.1) is 10.6 Å². The molecule has 0 fully saturated rings. The van der Waals surface area contributed by atoms with Crippen molar-refractivity contribution in [3.63, 3.8) is 0 Å². The second-order valence-electron chi connectivity index (χ2n) is 4.02. The van der Waals surface area contributed by atoms with Crippen LogP contribution in [0.15, 0.2) is 22.9 Å². The van der Waals surface area contributed by atoms with Gasteiger partial charge >= 0.3 is 0 Å². The summed E-state index contributed by atoms with van der Waals surface area (Å²) in [5.74, 6) is 0.803. The number of aromatic nitrogens is 3. The molecule has 0 saturated carbocycles. The maximum atomic E-state index is 5.82. The lowest BCUT2D eigenvalue weighted by atomic mass is 10.2. The van der Waals surface area contributed by atoms with Crippen LogP contribution in [0.2, 0.25) is 0 Å². The molecule has 0 radical (unpaired) electrons. The number of thiophene rings is 1. The van der Waals surface area contributed by atoms with E-state index in [4.69, 9.17) is 5.73 Å². The van der Waals surface area contributed by atoms with Gasteiger partial charge in [0.25, 0.3) is 0 Å². The van der Waals surface area contributed by atoms with Crippen molar-refractivity contribution in [3.8, 4) is 10.7 Å². The standard InChI is InChI=1S/C11H12N4S2/c1-7(12)5-8-6-17-11-13-10(14-15(8)11)9-3-2-4-16-9/h2-4,6-7H,5,12H2,1H3. The van der Waals surface area contributed by atoms with Gasteiger partial charge in [0.1, 0.15) is 0 Å². The lowest BCUT2D eigenvalue weighted by molar-refractivity contribution is 0.703. The molecule has 2 N–H and O–H groups in total. The van der Waals surface area contributed by atoms with Crippen molar-refractivity contribution in [1.29, 1.82) is 0 Å². The molecule has 4 nitrogen and oxygen atoms in total. The Balaban J connectivity index is 2.05. The summed E-state index contributed by atoms with van der Waals surface area (Å²) in [6, 6.07) is 4.19. The van der Waals surface area contributed by atoms with Crippen LogP contribution in [0.4, 0.5) is 0 Å². The lowest BCUT2D eigenvalue weighted by Crippen LogP contribution is -2.18. The van der Waals surface area contributed by atoms with E-state index in [1.54, 1.807) is 22.7 Å². The van der Waals surface area contributed by atoms with Gasteiger partial charge in [0.15, 0.2) is 5.82 Å². The third-order valence-electron chi connectivity index (χ3n) is 2.42. The number of nitrogens with zero attached hydrogens (tertiary/aromatic N) is 3. The summed E-state index contributed by atoms with van der Waals surface area (Å²) in [4.78, 5) is 6.56. The van der Waals surface area contributed by atoms with E-state index in [9.17, 15) is 0 Å². The Morgan fingerprint density at radius 2 is 2.35 bits per heavy atom. The van der Waals surface area contributed by atoms with Gasteiger partial charge in [0.2, 0.25) is 4.96 Å². The van der Waals surface area contributed by atoms with Crippen molar-refractivity contribution in [2.45, 2.75) is 19.4 Å². The van der Waals surface area contributed by atoms with Crippen LogP contribution in [0.3, 0.4) is 0 Å². The van der Waals surface area contributed by atoms with Gasteiger partial charge in [-0.15, -0.1) is 27.8 Å². The van der Waals surface area contributed by atoms with E-state index in [1.807, 2.05) is 29.0 Å². The quantitative estimate of drug-likeness (QED) is 0.790. The van der Waals surface area contributed by atoms with Crippen LogP contribution in [-0.2, 0) is 6.42 Å². The number of hydrogen-bond acceptors (Lipinski definition) is 5. The monoisotopic (exact) mass is 264 g/mol. The van der Waals surface area contributed by atoms with Crippen molar-refractivity contribution in [2.24, 2.45) is 5.73 Å². The van der Waals surface area contributed by atoms with Crippen molar-refractivity contribution >= 4 is 27.6 Å². The Hall–Kier alpha value is -1.24. The fourth-order valence-electron chi connectivity index (χ4n) is 1.71. The molecule has 1 unspecified atom stereocenters. The highest BCUT2D eigenvalue weighted by Gasteiger charge is 2.12. The molecule has 88 valence electrons. The molecule has 0 aliphatic rings. The Kier molecular flexibility index (Phi) is 2.70. The Morgan fingerprint density at radius 1 is 1.47 bits per heavy atom. The number of nitrogens with two attached hydrogens (primary N) is 1. The van der Waals surface area contributed by atoms with Crippen LogP contribution in [0, 0.1) is 0 Å². The Labute approximate surface area is 107 Å². The number of fused-ring (bicyclic) bond motifs is 1. The molecule has 0 aliphatic heterocycles. The molecule has 17 heavy (non-hydrogen) atoms. The van der Waals surface area contributed by atoms with Gasteiger partial charge in [-0.05, 0) is 18.4 Å². The minimum Gasteiger partial charge on any atom is -0.328 e. The van der Waals surface area contributed by atoms with Crippen molar-refractivity contribution < 1.29 is 0 Å². The molecule has 0 amide bonds. The van der Waals surface area contributed by atoms with Gasteiger partial charge in [-0.25, -0.2) is 4.52 Å². The average Bonchev–Trinajstić information content (AvgIpc) is 2.93. The van der Waals surface area contributed by atoms with Crippen LogP contribution >= 0.6 is 22.7 Å². The fraction of sp³-hybridized carbons (Fsp3) is 0.273. The van der Waals surface area contributed by atoms with Crippen molar-refractivity contribution in [1.82, 2.24) is 14.6 Å². The summed E-state index contributed by atoms with van der Waals surface area (Å²) in [5, 5.41) is 8.65. The topological polar surface area (TPSA) is 56.2 Å². The molecule has 3 aromatic heterocycles. The predicted molar refractivity (Wildman–Crippen MR) is 71.5 cm³/mol. The van der Waals surface area contributed by atoms with E-state index in [-0.39, 0.29) is 6.04 Å². The Bertz CT molecular complexity index is 621. The van der Waals surface area contributed by atoms with Gasteiger partial charge in [-0.3, -0.25) is 0 Å². The zero-order valence-electron chi connectivity index (χ0n) is 9.33. The maximum absolute atomic E-state index is 5.82. The summed E-state index contributed by atoms with van der Waals surface area (Å²) >= 11 is 3.27. The van der Waals surface area contributed by atoms with Crippen LogP contribution in [-0.4, -0.2) is 20.6 Å². The second-order valence-corrected chi connectivity index (χ2v) is 5.80. The first-order valence-corrected chi connectivity index (χ1v) is 7.12. The zero-order valence-corrected chi connectivity index (χ0v) is 11.0. The van der Waals surface area contributed by atoms with Crippen molar-refractivity contribution in [2.75, 3.05) is 0 Å². The molecule has 0 aliphatic carbocycles. The van der Waals surface area contributed by atoms with E-state index < -0.39 is 0 Å². The smallest absolute Gasteiger partial charge is 0.212 e. The first kappa shape index (κ1) is 10.9. The highest BCUT2D eigenvalue weighted by atomic mass is 32.1. The molecule has 0 aromatic carbocycles. The fourth-order valence-corrected chi connectivity index (χ4v) is 3.19. The third-order valence-corrected chi connectivity index (χ3v) is 4.15. The summed E-state index contributed by atoms with van der Waals surface area (Å²) in [6.07, 6.45) is 0.827. The van der Waals surface area contributed by atoms with Gasteiger partial charge in [-0.1, -0.05) is 6.07 Å². The molecule has 0 spiro atoms. The van der Waals surface area contributed by atoms with Crippen molar-refractivity contribution in [3.05, 3.63) is 28.6 Å². The van der Waals surface area contributed by atoms with Gasteiger partial charge in [-0.2, -0.15) is 4.98 Å². The average molecular weight is 264 g/mol. The van der Waals surface area contributed by atoms with E-state index >= 15 is 0 Å². The minimum absolute atomic E-state index is 0.141. The number of rotatable bonds is 3. The summed E-state index contributed by atoms with van der Waals surface area (Å²) in [5.41, 5.74) is 6.96. The first-order chi connectivity index (χ1) is 8.24. The SMILES string of the molecule is CC(N)Cc1csc2nc(-c3cccs3)nn12. The molecule has 0 bridgehead atoms. The highest BCUT2D eigenvalue weighted by molar-refractivity contribution is 7.15. The normalized spacial score (nSPS) is 13.3. The minimum atomic E-state index is 0.141. The summed E-state index contributed by atoms with van der Waals surface area (Å²) in [6.45, 7) is 2.00. The van der Waals surface area contributed by atoms with Gasteiger partial charge < -0.3 is 5.73 Å². The first-order valence-electron chi connectivity index (χ1n) is 5.36. The number of hydrogen-bond donors (Lipinski definition) is 1. The van der Waals surface area contributed by atoms with Crippen LogP contribution < -0.4 is 5.73 Å². The van der Waals surface area contributed by atoms with E-state index in [0.717, 1.165) is 27.8 Å². The zero-order chi connectivity index (χ0) is 11.8. The molecular weight excluding hydrogens is 252 g/mol. The predicted octanol–water partition coefficient (Wildman–Crippen LogP) is 2.41. The van der Waals surface area contributed by atoms with E-state index in [0.29, 0.717) is 0 Å². The van der Waals surface area contributed by atoms with E-state index in [2.05, 4.69) is 15.5 Å². The lowest BCUT2D eigenvalue weighted by Gasteiger charge is -2.01.